The molecule has 0 spiro atoms. The van der Waals surface area contributed by atoms with Gasteiger partial charge in [-0.3, -0.25) is 4.79 Å². The molecule has 1 amide bonds. The van der Waals surface area contributed by atoms with Gasteiger partial charge in [-0.05, 0) is 37.3 Å². The van der Waals surface area contributed by atoms with Crippen molar-refractivity contribution < 1.29 is 9.18 Å². The monoisotopic (exact) mass is 347 g/mol. The standard InChI is InChI=1S/C18H22FN3OS/c1-10(2)16-21-12(4)15(18(22-16)24-5)17(23)20-9-13-7-6-11(3)14(19)8-13/h6-8,10H,9H2,1-5H3,(H,20,23). The normalized spacial score (nSPS) is 11.0. The Morgan fingerprint density at radius 2 is 2.00 bits per heavy atom. The third kappa shape index (κ3) is 4.12. The molecule has 1 aromatic heterocycles. The Kier molecular flexibility index (Phi) is 5.94. The number of aromatic nitrogens is 2. The SMILES string of the molecule is CSc1nc(C(C)C)nc(C)c1C(=O)NCc1ccc(C)c(F)c1. The highest BCUT2D eigenvalue weighted by Gasteiger charge is 2.19. The van der Waals surface area contributed by atoms with E-state index >= 15 is 0 Å². The summed E-state index contributed by atoms with van der Waals surface area (Å²) < 4.78 is 13.6. The van der Waals surface area contributed by atoms with Gasteiger partial charge in [0.25, 0.3) is 5.91 Å². The van der Waals surface area contributed by atoms with E-state index < -0.39 is 0 Å². The second kappa shape index (κ2) is 7.75. The molecule has 0 saturated heterocycles. The molecular weight excluding hydrogens is 325 g/mol. The first-order valence-corrected chi connectivity index (χ1v) is 9.01. The lowest BCUT2D eigenvalue weighted by Crippen LogP contribution is -2.25. The maximum Gasteiger partial charge on any atom is 0.256 e. The van der Waals surface area contributed by atoms with E-state index in [0.717, 1.165) is 11.4 Å². The first-order valence-electron chi connectivity index (χ1n) is 7.79. The summed E-state index contributed by atoms with van der Waals surface area (Å²) in [5, 5.41) is 3.49. The summed E-state index contributed by atoms with van der Waals surface area (Å²) in [7, 11) is 0. The predicted octanol–water partition coefficient (Wildman–Crippen LogP) is 4.01. The van der Waals surface area contributed by atoms with E-state index in [1.54, 1.807) is 19.1 Å². The van der Waals surface area contributed by atoms with Crippen LogP contribution in [0.25, 0.3) is 0 Å². The van der Waals surface area contributed by atoms with Gasteiger partial charge in [0, 0.05) is 12.5 Å². The van der Waals surface area contributed by atoms with Gasteiger partial charge in [0.1, 0.15) is 16.7 Å². The minimum atomic E-state index is -0.271. The van der Waals surface area contributed by atoms with Crippen LogP contribution in [0.4, 0.5) is 4.39 Å². The molecule has 1 aromatic carbocycles. The molecule has 128 valence electrons. The van der Waals surface area contributed by atoms with Crippen LogP contribution in [0.5, 0.6) is 0 Å². The molecule has 0 saturated carbocycles. The van der Waals surface area contributed by atoms with Crippen molar-refractivity contribution in [2.75, 3.05) is 6.26 Å². The molecular formula is C18H22FN3OS. The van der Waals surface area contributed by atoms with Crippen molar-refractivity contribution in [2.45, 2.75) is 45.2 Å². The van der Waals surface area contributed by atoms with Crippen LogP contribution in [0, 0.1) is 19.7 Å². The maximum absolute atomic E-state index is 13.6. The first-order chi connectivity index (χ1) is 11.3. The molecule has 0 aliphatic rings. The zero-order valence-electron chi connectivity index (χ0n) is 14.6. The number of halogens is 1. The average molecular weight is 347 g/mol. The highest BCUT2D eigenvalue weighted by molar-refractivity contribution is 7.98. The fourth-order valence-corrected chi connectivity index (χ4v) is 2.88. The van der Waals surface area contributed by atoms with Crippen LogP contribution < -0.4 is 5.32 Å². The van der Waals surface area contributed by atoms with E-state index in [2.05, 4.69) is 15.3 Å². The topological polar surface area (TPSA) is 54.9 Å². The van der Waals surface area contributed by atoms with Gasteiger partial charge in [0.15, 0.2) is 0 Å². The van der Waals surface area contributed by atoms with Gasteiger partial charge in [-0.1, -0.05) is 26.0 Å². The number of thioether (sulfide) groups is 1. The summed E-state index contributed by atoms with van der Waals surface area (Å²) in [4.78, 5) is 21.5. The van der Waals surface area contributed by atoms with E-state index in [0.29, 0.717) is 21.8 Å². The van der Waals surface area contributed by atoms with Crippen molar-refractivity contribution in [1.29, 1.82) is 0 Å². The number of amides is 1. The largest absolute Gasteiger partial charge is 0.348 e. The van der Waals surface area contributed by atoms with Gasteiger partial charge in [-0.2, -0.15) is 0 Å². The number of hydrogen-bond acceptors (Lipinski definition) is 4. The number of aryl methyl sites for hydroxylation is 2. The molecule has 1 heterocycles. The molecule has 0 fully saturated rings. The average Bonchev–Trinajstić information content (AvgIpc) is 2.54. The quantitative estimate of drug-likeness (QED) is 0.656. The summed E-state index contributed by atoms with van der Waals surface area (Å²) in [5.74, 6) is 0.414. The fraction of sp³-hybridized carbons (Fsp3) is 0.389. The van der Waals surface area contributed by atoms with Crippen molar-refractivity contribution in [3.63, 3.8) is 0 Å². The molecule has 0 aliphatic carbocycles. The summed E-state index contributed by atoms with van der Waals surface area (Å²) in [5.41, 5.74) is 2.45. The molecule has 6 heteroatoms. The molecule has 2 rings (SSSR count). The molecule has 1 N–H and O–H groups in total. The van der Waals surface area contributed by atoms with Crippen LogP contribution in [0.15, 0.2) is 23.2 Å². The first kappa shape index (κ1) is 18.4. The number of benzene rings is 1. The van der Waals surface area contributed by atoms with Crippen LogP contribution >= 0.6 is 11.8 Å². The second-order valence-electron chi connectivity index (χ2n) is 5.97. The van der Waals surface area contributed by atoms with E-state index in [4.69, 9.17) is 0 Å². The number of carbonyl (C=O) groups is 1. The summed E-state index contributed by atoms with van der Waals surface area (Å²) in [6.45, 7) is 7.82. The smallest absolute Gasteiger partial charge is 0.256 e. The second-order valence-corrected chi connectivity index (χ2v) is 6.77. The van der Waals surface area contributed by atoms with Gasteiger partial charge in [0.2, 0.25) is 0 Å². The summed E-state index contributed by atoms with van der Waals surface area (Å²) in [6, 6.07) is 4.95. The zero-order valence-corrected chi connectivity index (χ0v) is 15.4. The molecule has 24 heavy (non-hydrogen) atoms. The number of carbonyl (C=O) groups excluding carboxylic acids is 1. The van der Waals surface area contributed by atoms with E-state index in [9.17, 15) is 9.18 Å². The van der Waals surface area contributed by atoms with E-state index in [1.807, 2.05) is 27.0 Å². The lowest BCUT2D eigenvalue weighted by molar-refractivity contribution is 0.0946. The Balaban J connectivity index is 2.21. The highest BCUT2D eigenvalue weighted by Crippen LogP contribution is 2.23. The fourth-order valence-electron chi connectivity index (χ4n) is 2.25. The Morgan fingerprint density at radius 1 is 1.29 bits per heavy atom. The predicted molar refractivity (Wildman–Crippen MR) is 94.9 cm³/mol. The third-order valence-electron chi connectivity index (χ3n) is 3.70. The van der Waals surface area contributed by atoms with Crippen LogP contribution in [0.3, 0.4) is 0 Å². The van der Waals surface area contributed by atoms with Crippen LogP contribution in [-0.4, -0.2) is 22.1 Å². The number of rotatable bonds is 5. The molecule has 0 atom stereocenters. The van der Waals surface area contributed by atoms with Gasteiger partial charge < -0.3 is 5.32 Å². The number of nitrogens with zero attached hydrogens (tertiary/aromatic N) is 2. The van der Waals surface area contributed by atoms with Crippen molar-refractivity contribution >= 4 is 17.7 Å². The van der Waals surface area contributed by atoms with Crippen LogP contribution in [0.2, 0.25) is 0 Å². The number of hydrogen-bond donors (Lipinski definition) is 1. The Labute approximate surface area is 146 Å². The minimum Gasteiger partial charge on any atom is -0.348 e. The molecule has 0 radical (unpaired) electrons. The summed E-state index contributed by atoms with van der Waals surface area (Å²) >= 11 is 1.42. The van der Waals surface area contributed by atoms with Crippen molar-refractivity contribution in [3.8, 4) is 0 Å². The Bertz CT molecular complexity index is 762. The third-order valence-corrected chi connectivity index (χ3v) is 4.38. The van der Waals surface area contributed by atoms with Gasteiger partial charge in [-0.15, -0.1) is 11.8 Å². The Morgan fingerprint density at radius 3 is 2.58 bits per heavy atom. The van der Waals surface area contributed by atoms with Crippen LogP contribution in [0.1, 0.15) is 52.8 Å². The van der Waals surface area contributed by atoms with Gasteiger partial charge >= 0.3 is 0 Å². The summed E-state index contributed by atoms with van der Waals surface area (Å²) in [6.07, 6.45) is 1.89. The van der Waals surface area contributed by atoms with Crippen molar-refractivity contribution in [2.24, 2.45) is 0 Å². The van der Waals surface area contributed by atoms with Gasteiger partial charge in [0.05, 0.1) is 11.3 Å². The molecule has 0 unspecified atom stereocenters. The van der Waals surface area contributed by atoms with E-state index in [1.165, 1.54) is 17.8 Å². The van der Waals surface area contributed by atoms with Crippen molar-refractivity contribution in [1.82, 2.24) is 15.3 Å². The van der Waals surface area contributed by atoms with Crippen LogP contribution in [-0.2, 0) is 6.54 Å². The minimum absolute atomic E-state index is 0.197. The molecule has 2 aromatic rings. The lowest BCUT2D eigenvalue weighted by atomic mass is 10.1. The van der Waals surface area contributed by atoms with E-state index in [-0.39, 0.29) is 24.2 Å². The Hall–Kier alpha value is -1.95. The maximum atomic E-state index is 13.6. The number of nitrogens with one attached hydrogen (secondary N) is 1. The zero-order chi connectivity index (χ0) is 17.9. The highest BCUT2D eigenvalue weighted by atomic mass is 32.2. The lowest BCUT2D eigenvalue weighted by Gasteiger charge is -2.13. The molecule has 0 bridgehead atoms. The van der Waals surface area contributed by atoms with Crippen molar-refractivity contribution in [3.05, 3.63) is 52.2 Å². The molecule has 4 nitrogen and oxygen atoms in total. The van der Waals surface area contributed by atoms with Gasteiger partial charge in [-0.25, -0.2) is 14.4 Å². The molecule has 0 aliphatic heterocycles.